The average molecular weight is 343 g/mol. The van der Waals surface area contributed by atoms with Crippen molar-refractivity contribution >= 4 is 17.9 Å². The van der Waals surface area contributed by atoms with Crippen LogP contribution in [0.15, 0.2) is 12.2 Å². The highest BCUT2D eigenvalue weighted by Crippen LogP contribution is 2.25. The fourth-order valence-corrected chi connectivity index (χ4v) is 2.35. The van der Waals surface area contributed by atoms with Crippen LogP contribution in [0.2, 0.25) is 0 Å². The summed E-state index contributed by atoms with van der Waals surface area (Å²) in [7, 11) is 3.97. The van der Waals surface area contributed by atoms with Crippen molar-refractivity contribution in [1.29, 1.82) is 0 Å². The molecule has 1 rings (SSSR count). The lowest BCUT2D eigenvalue weighted by Gasteiger charge is -2.14. The number of ether oxygens (including phenoxy) is 1. The lowest BCUT2D eigenvalue weighted by atomic mass is 9.97. The molecule has 1 aliphatic carbocycles. The highest BCUT2D eigenvalue weighted by Gasteiger charge is 2.16. The number of hydrogen-bond acceptors (Lipinski definition) is 5. The second kappa shape index (κ2) is 13.5. The molecule has 7 nitrogen and oxygen atoms in total. The van der Waals surface area contributed by atoms with Crippen LogP contribution in [0.4, 0.5) is 0 Å². The summed E-state index contributed by atoms with van der Waals surface area (Å²) >= 11 is 0. The van der Waals surface area contributed by atoms with Crippen molar-refractivity contribution in [2.75, 3.05) is 27.2 Å². The first kappa shape index (κ1) is 22.1. The Morgan fingerprint density at radius 3 is 1.92 bits per heavy atom. The number of carboxylic acids is 2. The van der Waals surface area contributed by atoms with Gasteiger partial charge >= 0.3 is 17.9 Å². The Labute approximate surface area is 143 Å². The summed E-state index contributed by atoms with van der Waals surface area (Å²) in [5.41, 5.74) is 0. The van der Waals surface area contributed by atoms with Gasteiger partial charge in [-0.1, -0.05) is 25.7 Å². The first-order valence-electron chi connectivity index (χ1n) is 8.25. The molecule has 0 aromatic rings. The number of carbonyl (C=O) groups is 3. The van der Waals surface area contributed by atoms with Crippen LogP contribution in [0.5, 0.6) is 0 Å². The lowest BCUT2D eigenvalue weighted by molar-refractivity contribution is -0.145. The smallest absolute Gasteiger partial charge is 0.328 e. The molecule has 0 unspecified atom stereocenters. The Kier molecular flexibility index (Phi) is 12.5. The van der Waals surface area contributed by atoms with E-state index in [0.29, 0.717) is 31.1 Å². The first-order chi connectivity index (χ1) is 11.3. The van der Waals surface area contributed by atoms with E-state index in [0.717, 1.165) is 6.54 Å². The summed E-state index contributed by atoms with van der Waals surface area (Å²) < 4.78 is 5.22. The van der Waals surface area contributed by atoms with Gasteiger partial charge in [-0.05, 0) is 32.9 Å². The Hall–Kier alpha value is -1.89. The number of carbonyl (C=O) groups excluding carboxylic acids is 1. The van der Waals surface area contributed by atoms with Gasteiger partial charge in [0.05, 0.1) is 0 Å². The summed E-state index contributed by atoms with van der Waals surface area (Å²) in [5, 5.41) is 15.6. The van der Waals surface area contributed by atoms with Crippen molar-refractivity contribution in [3.63, 3.8) is 0 Å². The number of rotatable bonds is 7. The zero-order valence-electron chi connectivity index (χ0n) is 14.6. The SMILES string of the molecule is CN(C)CCOC(=O)CC1CCCCCC1.O=C(O)C=CC(=O)O. The molecule has 7 heteroatoms. The molecule has 0 spiro atoms. The summed E-state index contributed by atoms with van der Waals surface area (Å²) in [4.78, 5) is 32.7. The van der Waals surface area contributed by atoms with E-state index in [1.54, 1.807) is 0 Å². The van der Waals surface area contributed by atoms with Crippen LogP contribution in [0.3, 0.4) is 0 Å². The van der Waals surface area contributed by atoms with E-state index < -0.39 is 11.9 Å². The van der Waals surface area contributed by atoms with E-state index in [1.165, 1.54) is 38.5 Å². The Morgan fingerprint density at radius 1 is 1.00 bits per heavy atom. The van der Waals surface area contributed by atoms with Gasteiger partial charge in [0.15, 0.2) is 0 Å². The normalized spacial score (nSPS) is 15.5. The lowest BCUT2D eigenvalue weighted by Crippen LogP contribution is -2.21. The van der Waals surface area contributed by atoms with Crippen molar-refractivity contribution in [2.24, 2.45) is 5.92 Å². The average Bonchev–Trinajstić information content (AvgIpc) is 2.74. The molecule has 0 radical (unpaired) electrons. The molecule has 1 aliphatic rings. The molecule has 0 heterocycles. The van der Waals surface area contributed by atoms with Gasteiger partial charge in [0, 0.05) is 25.1 Å². The molecule has 1 fully saturated rings. The number of nitrogens with zero attached hydrogens (tertiary/aromatic N) is 1. The van der Waals surface area contributed by atoms with Crippen LogP contribution >= 0.6 is 0 Å². The van der Waals surface area contributed by atoms with Crippen LogP contribution in [0.25, 0.3) is 0 Å². The third-order valence-electron chi connectivity index (χ3n) is 3.60. The van der Waals surface area contributed by atoms with Crippen molar-refractivity contribution in [3.05, 3.63) is 12.2 Å². The van der Waals surface area contributed by atoms with Gasteiger partial charge in [0.2, 0.25) is 0 Å². The number of carboxylic acid groups (broad SMARTS) is 2. The predicted octanol–water partition coefficient (Wildman–Crippen LogP) is 2.16. The Balaban J connectivity index is 0.000000561. The molecule has 24 heavy (non-hydrogen) atoms. The standard InChI is InChI=1S/C13H25NO2.C4H4O4/c1-14(2)9-10-16-13(15)11-12-7-5-3-4-6-8-12;5-3(6)1-2-4(7)8/h12H,3-11H2,1-2H3;1-2H,(H,5,6)(H,7,8). The number of esters is 1. The molecule has 0 amide bonds. The first-order valence-corrected chi connectivity index (χ1v) is 8.25. The largest absolute Gasteiger partial charge is 0.478 e. The van der Waals surface area contributed by atoms with Crippen molar-refractivity contribution in [2.45, 2.75) is 44.9 Å². The summed E-state index contributed by atoms with van der Waals surface area (Å²) in [6, 6.07) is 0. The molecule has 0 aromatic heterocycles. The molecule has 0 aromatic carbocycles. The van der Waals surface area contributed by atoms with E-state index in [1.807, 2.05) is 19.0 Å². The third-order valence-corrected chi connectivity index (χ3v) is 3.60. The molecule has 138 valence electrons. The van der Waals surface area contributed by atoms with E-state index in [2.05, 4.69) is 0 Å². The number of hydrogen-bond donors (Lipinski definition) is 2. The molecule has 2 N–H and O–H groups in total. The van der Waals surface area contributed by atoms with Gasteiger partial charge in [-0.15, -0.1) is 0 Å². The minimum absolute atomic E-state index is 0.00579. The molecule has 1 saturated carbocycles. The summed E-state index contributed by atoms with van der Waals surface area (Å²) in [6.07, 6.45) is 9.42. The predicted molar refractivity (Wildman–Crippen MR) is 89.7 cm³/mol. The maximum atomic E-state index is 11.6. The maximum Gasteiger partial charge on any atom is 0.328 e. The monoisotopic (exact) mass is 343 g/mol. The number of likely N-dealkylation sites (N-methyl/N-ethyl adjacent to an activating group) is 1. The zero-order valence-corrected chi connectivity index (χ0v) is 14.6. The van der Waals surface area contributed by atoms with Crippen LogP contribution in [-0.4, -0.2) is 60.3 Å². The van der Waals surface area contributed by atoms with Crippen molar-refractivity contribution in [3.8, 4) is 0 Å². The van der Waals surface area contributed by atoms with Gasteiger partial charge in [0.25, 0.3) is 0 Å². The summed E-state index contributed by atoms with van der Waals surface area (Å²) in [5.74, 6) is -1.94. The molecular weight excluding hydrogens is 314 g/mol. The number of aliphatic carboxylic acids is 2. The highest BCUT2D eigenvalue weighted by molar-refractivity contribution is 5.89. The van der Waals surface area contributed by atoms with E-state index in [-0.39, 0.29) is 5.97 Å². The quantitative estimate of drug-likeness (QED) is 0.415. The van der Waals surface area contributed by atoms with Gasteiger partial charge in [-0.3, -0.25) is 4.79 Å². The van der Waals surface area contributed by atoms with Crippen molar-refractivity contribution in [1.82, 2.24) is 4.90 Å². The van der Waals surface area contributed by atoms with Crippen LogP contribution < -0.4 is 0 Å². The minimum atomic E-state index is -1.26. The molecule has 0 aliphatic heterocycles. The van der Waals surface area contributed by atoms with E-state index in [4.69, 9.17) is 14.9 Å². The Bertz CT molecular complexity index is 395. The molecular formula is C17H29NO6. The molecule has 0 atom stereocenters. The van der Waals surface area contributed by atoms with Crippen LogP contribution in [0, 0.1) is 5.92 Å². The molecule has 0 saturated heterocycles. The van der Waals surface area contributed by atoms with E-state index >= 15 is 0 Å². The highest BCUT2D eigenvalue weighted by atomic mass is 16.5. The maximum absolute atomic E-state index is 11.6. The fourth-order valence-electron chi connectivity index (χ4n) is 2.35. The fraction of sp³-hybridized carbons (Fsp3) is 0.706. The zero-order chi connectivity index (χ0) is 18.4. The second-order valence-electron chi connectivity index (χ2n) is 6.10. The van der Waals surface area contributed by atoms with Gasteiger partial charge in [-0.2, -0.15) is 0 Å². The van der Waals surface area contributed by atoms with Gasteiger partial charge in [0.1, 0.15) is 6.61 Å². The second-order valence-corrected chi connectivity index (χ2v) is 6.10. The van der Waals surface area contributed by atoms with Crippen LogP contribution in [0.1, 0.15) is 44.9 Å². The summed E-state index contributed by atoms with van der Waals surface area (Å²) in [6.45, 7) is 1.34. The van der Waals surface area contributed by atoms with Gasteiger partial charge < -0.3 is 19.8 Å². The van der Waals surface area contributed by atoms with E-state index in [9.17, 15) is 14.4 Å². The topological polar surface area (TPSA) is 104 Å². The third kappa shape index (κ3) is 15.0. The molecule has 0 bridgehead atoms. The Morgan fingerprint density at radius 2 is 1.50 bits per heavy atom. The minimum Gasteiger partial charge on any atom is -0.478 e. The van der Waals surface area contributed by atoms with Crippen LogP contribution in [-0.2, 0) is 19.1 Å². The van der Waals surface area contributed by atoms with Gasteiger partial charge in [-0.25, -0.2) is 9.59 Å². The van der Waals surface area contributed by atoms with Crippen molar-refractivity contribution < 1.29 is 29.3 Å².